The van der Waals surface area contributed by atoms with E-state index in [1.165, 1.54) is 0 Å². The number of hydrogen-bond acceptors (Lipinski definition) is 2. The van der Waals surface area contributed by atoms with Gasteiger partial charge in [-0.1, -0.05) is 54.6 Å². The van der Waals surface area contributed by atoms with Crippen LogP contribution in [0, 0.1) is 0 Å². The normalized spacial score (nSPS) is 10.5. The summed E-state index contributed by atoms with van der Waals surface area (Å²) >= 11 is 6.33. The SMILES string of the molecule is C=C(c1cccc(C=O)c1)c1nc2ccccc2cc1Cl. The zero-order chi connectivity index (χ0) is 14.8. The summed E-state index contributed by atoms with van der Waals surface area (Å²) in [4.78, 5) is 15.5. The molecule has 0 aliphatic carbocycles. The van der Waals surface area contributed by atoms with Crippen LogP contribution in [-0.4, -0.2) is 11.3 Å². The smallest absolute Gasteiger partial charge is 0.150 e. The van der Waals surface area contributed by atoms with E-state index in [1.54, 1.807) is 12.1 Å². The van der Waals surface area contributed by atoms with Crippen LogP contribution in [0.2, 0.25) is 5.02 Å². The largest absolute Gasteiger partial charge is 0.298 e. The van der Waals surface area contributed by atoms with Crippen LogP contribution in [0.5, 0.6) is 0 Å². The Labute approximate surface area is 127 Å². The number of pyridine rings is 1. The number of halogens is 1. The average molecular weight is 294 g/mol. The van der Waals surface area contributed by atoms with Crippen molar-refractivity contribution in [2.75, 3.05) is 0 Å². The Balaban J connectivity index is 2.12. The van der Waals surface area contributed by atoms with Gasteiger partial charge in [0.15, 0.2) is 0 Å². The highest BCUT2D eigenvalue weighted by molar-refractivity contribution is 6.33. The zero-order valence-corrected chi connectivity index (χ0v) is 12.0. The van der Waals surface area contributed by atoms with Crippen molar-refractivity contribution in [3.63, 3.8) is 0 Å². The molecule has 0 bridgehead atoms. The Hall–Kier alpha value is -2.45. The molecule has 3 rings (SSSR count). The molecular weight excluding hydrogens is 282 g/mol. The van der Waals surface area contributed by atoms with Crippen LogP contribution >= 0.6 is 11.6 Å². The van der Waals surface area contributed by atoms with Crippen molar-refractivity contribution < 1.29 is 4.79 Å². The van der Waals surface area contributed by atoms with Gasteiger partial charge in [0.2, 0.25) is 0 Å². The standard InChI is InChI=1S/C18H12ClNO/c1-12(14-7-4-5-13(9-14)11-21)18-16(19)10-15-6-2-3-8-17(15)20-18/h2-11H,1H2. The lowest BCUT2D eigenvalue weighted by molar-refractivity contribution is 0.112. The molecule has 0 spiro atoms. The minimum Gasteiger partial charge on any atom is -0.298 e. The van der Waals surface area contributed by atoms with Crippen molar-refractivity contribution in [1.29, 1.82) is 0 Å². The van der Waals surface area contributed by atoms with Gasteiger partial charge < -0.3 is 0 Å². The highest BCUT2D eigenvalue weighted by Crippen LogP contribution is 2.29. The molecule has 0 unspecified atom stereocenters. The van der Waals surface area contributed by atoms with Gasteiger partial charge in [-0.3, -0.25) is 4.79 Å². The Kier molecular flexibility index (Phi) is 3.55. The van der Waals surface area contributed by atoms with Crippen LogP contribution in [0.15, 0.2) is 61.2 Å². The van der Waals surface area contributed by atoms with E-state index >= 15 is 0 Å². The van der Waals surface area contributed by atoms with Gasteiger partial charge in [-0.05, 0) is 23.8 Å². The second kappa shape index (κ2) is 5.51. The van der Waals surface area contributed by atoms with Gasteiger partial charge in [-0.2, -0.15) is 0 Å². The van der Waals surface area contributed by atoms with Gasteiger partial charge >= 0.3 is 0 Å². The lowest BCUT2D eigenvalue weighted by Gasteiger charge is -2.09. The van der Waals surface area contributed by atoms with Gasteiger partial charge in [0, 0.05) is 16.5 Å². The van der Waals surface area contributed by atoms with E-state index in [-0.39, 0.29) is 0 Å². The van der Waals surface area contributed by atoms with Gasteiger partial charge in [0.05, 0.1) is 16.2 Å². The zero-order valence-electron chi connectivity index (χ0n) is 11.2. The average Bonchev–Trinajstić information content (AvgIpc) is 2.53. The third kappa shape index (κ3) is 2.58. The first kappa shape index (κ1) is 13.5. The third-order valence-corrected chi connectivity index (χ3v) is 3.62. The van der Waals surface area contributed by atoms with Crippen molar-refractivity contribution >= 4 is 34.4 Å². The number of carbonyl (C=O) groups excluding carboxylic acids is 1. The summed E-state index contributed by atoms with van der Waals surface area (Å²) in [5.74, 6) is 0. The van der Waals surface area contributed by atoms with Crippen molar-refractivity contribution in [2.45, 2.75) is 0 Å². The van der Waals surface area contributed by atoms with Crippen LogP contribution in [0.3, 0.4) is 0 Å². The van der Waals surface area contributed by atoms with Gasteiger partial charge in [-0.25, -0.2) is 4.98 Å². The van der Waals surface area contributed by atoms with Crippen molar-refractivity contribution in [2.24, 2.45) is 0 Å². The van der Waals surface area contributed by atoms with Crippen LogP contribution in [0.25, 0.3) is 16.5 Å². The highest BCUT2D eigenvalue weighted by atomic mass is 35.5. The monoisotopic (exact) mass is 293 g/mol. The predicted molar refractivity (Wildman–Crippen MR) is 86.7 cm³/mol. The number of benzene rings is 2. The van der Waals surface area contributed by atoms with Gasteiger partial charge in [0.25, 0.3) is 0 Å². The molecule has 1 aromatic heterocycles. The first-order valence-electron chi connectivity index (χ1n) is 6.49. The number of rotatable bonds is 3. The number of nitrogens with zero attached hydrogens (tertiary/aromatic N) is 1. The third-order valence-electron chi connectivity index (χ3n) is 3.33. The molecule has 102 valence electrons. The number of fused-ring (bicyclic) bond motifs is 1. The van der Waals surface area contributed by atoms with E-state index in [1.807, 2.05) is 42.5 Å². The van der Waals surface area contributed by atoms with Crippen molar-refractivity contribution in [3.8, 4) is 0 Å². The lowest BCUT2D eigenvalue weighted by Crippen LogP contribution is -1.94. The minimum absolute atomic E-state index is 0.551. The topological polar surface area (TPSA) is 30.0 Å². The molecule has 0 aliphatic rings. The summed E-state index contributed by atoms with van der Waals surface area (Å²) < 4.78 is 0. The summed E-state index contributed by atoms with van der Waals surface area (Å²) in [5.41, 5.74) is 3.65. The molecule has 0 atom stereocenters. The van der Waals surface area contributed by atoms with E-state index in [9.17, 15) is 4.79 Å². The molecule has 0 saturated heterocycles. The van der Waals surface area contributed by atoms with E-state index in [2.05, 4.69) is 11.6 Å². The second-order valence-electron chi connectivity index (χ2n) is 4.73. The summed E-state index contributed by atoms with van der Waals surface area (Å²) in [7, 11) is 0. The van der Waals surface area contributed by atoms with Crippen molar-refractivity contribution in [3.05, 3.63) is 83.0 Å². The molecular formula is C18H12ClNO. The summed E-state index contributed by atoms with van der Waals surface area (Å²) in [6, 6.07) is 16.9. The number of carbonyl (C=O) groups is 1. The predicted octanol–water partition coefficient (Wildman–Crippen LogP) is 4.76. The molecule has 0 radical (unpaired) electrons. The summed E-state index contributed by atoms with van der Waals surface area (Å²) in [6.45, 7) is 4.08. The molecule has 3 aromatic rings. The van der Waals surface area contributed by atoms with Gasteiger partial charge in [0.1, 0.15) is 6.29 Å². The second-order valence-corrected chi connectivity index (χ2v) is 5.14. The molecule has 0 fully saturated rings. The fraction of sp³-hybridized carbons (Fsp3) is 0. The molecule has 0 saturated carbocycles. The fourth-order valence-corrected chi connectivity index (χ4v) is 2.51. The van der Waals surface area contributed by atoms with E-state index < -0.39 is 0 Å². The quantitative estimate of drug-likeness (QED) is 0.652. The maximum atomic E-state index is 10.9. The van der Waals surface area contributed by atoms with E-state index in [4.69, 9.17) is 11.6 Å². The summed E-state index contributed by atoms with van der Waals surface area (Å²) in [5, 5.41) is 1.54. The first-order chi connectivity index (χ1) is 10.2. The number of aromatic nitrogens is 1. The Morgan fingerprint density at radius 2 is 1.90 bits per heavy atom. The van der Waals surface area contributed by atoms with E-state index in [0.717, 1.165) is 22.8 Å². The molecule has 0 aliphatic heterocycles. The fourth-order valence-electron chi connectivity index (χ4n) is 2.24. The van der Waals surface area contributed by atoms with Crippen LogP contribution in [0.1, 0.15) is 21.6 Å². The maximum Gasteiger partial charge on any atom is 0.150 e. The molecule has 2 nitrogen and oxygen atoms in total. The molecule has 1 heterocycles. The van der Waals surface area contributed by atoms with Gasteiger partial charge in [-0.15, -0.1) is 0 Å². The first-order valence-corrected chi connectivity index (χ1v) is 6.87. The minimum atomic E-state index is 0.551. The maximum absolute atomic E-state index is 10.9. The Bertz CT molecular complexity index is 855. The highest BCUT2D eigenvalue weighted by Gasteiger charge is 2.10. The van der Waals surface area contributed by atoms with Crippen LogP contribution in [-0.2, 0) is 0 Å². The van der Waals surface area contributed by atoms with Crippen LogP contribution < -0.4 is 0 Å². The molecule has 3 heteroatoms. The molecule has 2 aromatic carbocycles. The van der Waals surface area contributed by atoms with Crippen LogP contribution in [0.4, 0.5) is 0 Å². The Morgan fingerprint density at radius 1 is 1.10 bits per heavy atom. The van der Waals surface area contributed by atoms with E-state index in [0.29, 0.717) is 21.9 Å². The Morgan fingerprint density at radius 3 is 2.71 bits per heavy atom. The number of aldehydes is 1. The number of para-hydroxylation sites is 1. The number of hydrogen-bond donors (Lipinski definition) is 0. The summed E-state index contributed by atoms with van der Waals surface area (Å²) in [6.07, 6.45) is 0.812. The lowest BCUT2D eigenvalue weighted by atomic mass is 10.0. The molecule has 21 heavy (non-hydrogen) atoms. The molecule has 0 amide bonds. The van der Waals surface area contributed by atoms with Crippen molar-refractivity contribution in [1.82, 2.24) is 4.98 Å². The molecule has 0 N–H and O–H groups in total.